The molecule has 0 spiro atoms. The van der Waals surface area contributed by atoms with E-state index in [0.29, 0.717) is 18.7 Å². The Morgan fingerprint density at radius 1 is 1.43 bits per heavy atom. The number of amides is 1. The molecule has 1 aromatic carbocycles. The second-order valence-electron chi connectivity index (χ2n) is 4.85. The van der Waals surface area contributed by atoms with Crippen LogP contribution in [-0.4, -0.2) is 23.6 Å². The number of H-pyrrole nitrogens is 1. The summed E-state index contributed by atoms with van der Waals surface area (Å²) < 4.78 is 18.5. The maximum Gasteiger partial charge on any atom is 0.249 e. The number of carbonyl (C=O) groups is 1. The zero-order chi connectivity index (χ0) is 15.4. The molecule has 1 fully saturated rings. The molecule has 1 aromatic heterocycles. The molecule has 1 aliphatic heterocycles. The quantitative estimate of drug-likeness (QED) is 0.913. The zero-order valence-electron chi connectivity index (χ0n) is 12.6. The summed E-state index contributed by atoms with van der Waals surface area (Å²) >= 11 is 0. The minimum Gasteiger partial charge on any atom is -0.368 e. The molecule has 1 atom stereocenters. The summed E-state index contributed by atoms with van der Waals surface area (Å²) in [5.74, 6) is -0.308. The summed E-state index contributed by atoms with van der Waals surface area (Å²) in [6.45, 7) is 6.78. The fourth-order valence-electron chi connectivity index (χ4n) is 2.16. The van der Waals surface area contributed by atoms with Gasteiger partial charge < -0.3 is 15.0 Å². The summed E-state index contributed by atoms with van der Waals surface area (Å²) in [5.41, 5.74) is 2.34. The minimum atomic E-state index is -0.302. The molecule has 2 aromatic rings. The molecule has 21 heavy (non-hydrogen) atoms. The maximum absolute atomic E-state index is 13.4. The third-order valence-corrected chi connectivity index (χ3v) is 3.40. The van der Waals surface area contributed by atoms with Crippen LogP contribution in [0.25, 0.3) is 10.9 Å². The molecule has 1 amide bonds. The van der Waals surface area contributed by atoms with E-state index in [9.17, 15) is 9.18 Å². The van der Waals surface area contributed by atoms with Gasteiger partial charge in [-0.15, -0.1) is 0 Å². The number of nitrogens with one attached hydrogen (secondary N) is 2. The highest BCUT2D eigenvalue weighted by Gasteiger charge is 2.25. The molecule has 1 unspecified atom stereocenters. The summed E-state index contributed by atoms with van der Waals surface area (Å²) in [6.07, 6.45) is 0.479. The molecule has 0 aliphatic carbocycles. The topological polar surface area (TPSA) is 54.1 Å². The van der Waals surface area contributed by atoms with Gasteiger partial charge in [-0.3, -0.25) is 4.79 Å². The normalized spacial score (nSPS) is 16.9. The number of benzene rings is 1. The van der Waals surface area contributed by atoms with Gasteiger partial charge in [-0.2, -0.15) is 0 Å². The standard InChI is InChI=1S/C14H15FN2O2.C2H6/c1-8-4-12-9(6-11(8)15)5-10(17-12)7-16-14(18)13-2-3-19-13;1-2/h4-6,13,17H,2-3,7H2,1H3,(H,16,18);1-2H3. The first kappa shape index (κ1) is 15.5. The largest absolute Gasteiger partial charge is 0.368 e. The van der Waals surface area contributed by atoms with E-state index in [1.807, 2.05) is 19.9 Å². The Hall–Kier alpha value is -1.88. The number of ether oxygens (including phenoxy) is 1. The van der Waals surface area contributed by atoms with Crippen LogP contribution in [-0.2, 0) is 16.1 Å². The van der Waals surface area contributed by atoms with Gasteiger partial charge in [0.2, 0.25) is 5.91 Å². The van der Waals surface area contributed by atoms with Crippen molar-refractivity contribution < 1.29 is 13.9 Å². The van der Waals surface area contributed by atoms with Crippen LogP contribution in [0.2, 0.25) is 0 Å². The van der Waals surface area contributed by atoms with Crippen molar-refractivity contribution in [1.29, 1.82) is 0 Å². The number of aromatic amines is 1. The van der Waals surface area contributed by atoms with Gasteiger partial charge in [0, 0.05) is 23.0 Å². The molecule has 2 heterocycles. The molecule has 1 saturated heterocycles. The first-order valence-electron chi connectivity index (χ1n) is 7.30. The molecule has 5 heteroatoms. The van der Waals surface area contributed by atoms with Crippen LogP contribution in [0, 0.1) is 12.7 Å². The van der Waals surface area contributed by atoms with Gasteiger partial charge in [0.1, 0.15) is 11.9 Å². The third kappa shape index (κ3) is 3.42. The van der Waals surface area contributed by atoms with Crippen LogP contribution in [0.4, 0.5) is 4.39 Å². The number of aryl methyl sites for hydroxylation is 1. The van der Waals surface area contributed by atoms with Gasteiger partial charge in [-0.05, 0) is 30.7 Å². The molecule has 0 bridgehead atoms. The highest BCUT2D eigenvalue weighted by molar-refractivity contribution is 5.83. The summed E-state index contributed by atoms with van der Waals surface area (Å²) in [5, 5.41) is 3.61. The fraction of sp³-hybridized carbons (Fsp3) is 0.438. The Morgan fingerprint density at radius 2 is 2.14 bits per heavy atom. The number of carbonyl (C=O) groups excluding carboxylic acids is 1. The van der Waals surface area contributed by atoms with Crippen molar-refractivity contribution in [2.24, 2.45) is 0 Å². The number of aromatic nitrogens is 1. The zero-order valence-corrected chi connectivity index (χ0v) is 12.6. The van der Waals surface area contributed by atoms with E-state index in [4.69, 9.17) is 4.74 Å². The van der Waals surface area contributed by atoms with Gasteiger partial charge >= 0.3 is 0 Å². The van der Waals surface area contributed by atoms with E-state index < -0.39 is 0 Å². The molecule has 4 nitrogen and oxygen atoms in total. The second-order valence-corrected chi connectivity index (χ2v) is 4.85. The lowest BCUT2D eigenvalue weighted by molar-refractivity contribution is -0.145. The van der Waals surface area contributed by atoms with Gasteiger partial charge in [0.05, 0.1) is 13.2 Å². The van der Waals surface area contributed by atoms with Crippen molar-refractivity contribution in [2.75, 3.05) is 6.61 Å². The van der Waals surface area contributed by atoms with Crippen LogP contribution in [0.15, 0.2) is 18.2 Å². The first-order valence-corrected chi connectivity index (χ1v) is 7.30. The smallest absolute Gasteiger partial charge is 0.249 e. The third-order valence-electron chi connectivity index (χ3n) is 3.40. The SMILES string of the molecule is CC.Cc1cc2[nH]c(CNC(=O)C3CCO3)cc2cc1F. The monoisotopic (exact) mass is 292 g/mol. The molecule has 1 aliphatic rings. The number of fused-ring (bicyclic) bond motifs is 1. The summed E-state index contributed by atoms with van der Waals surface area (Å²) in [7, 11) is 0. The average Bonchev–Trinajstić information content (AvgIpc) is 2.79. The average molecular weight is 292 g/mol. The van der Waals surface area contributed by atoms with Crippen LogP contribution < -0.4 is 5.32 Å². The predicted molar refractivity (Wildman–Crippen MR) is 80.5 cm³/mol. The van der Waals surface area contributed by atoms with Gasteiger partial charge in [0.25, 0.3) is 0 Å². The van der Waals surface area contributed by atoms with Crippen molar-refractivity contribution >= 4 is 16.8 Å². The van der Waals surface area contributed by atoms with Gasteiger partial charge in [-0.25, -0.2) is 4.39 Å². The van der Waals surface area contributed by atoms with Crippen molar-refractivity contribution in [1.82, 2.24) is 10.3 Å². The lowest BCUT2D eigenvalue weighted by atomic mass is 10.1. The van der Waals surface area contributed by atoms with Crippen molar-refractivity contribution in [3.63, 3.8) is 0 Å². The molecule has 0 radical (unpaired) electrons. The summed E-state index contributed by atoms with van der Waals surface area (Å²) in [4.78, 5) is 14.8. The van der Waals surface area contributed by atoms with E-state index in [2.05, 4.69) is 10.3 Å². The highest BCUT2D eigenvalue weighted by Crippen LogP contribution is 2.19. The predicted octanol–water partition coefficient (Wildman–Crippen LogP) is 3.05. The molecular weight excluding hydrogens is 271 g/mol. The van der Waals surface area contributed by atoms with E-state index in [0.717, 1.165) is 23.0 Å². The summed E-state index contributed by atoms with van der Waals surface area (Å²) in [6, 6.07) is 5.12. The molecule has 114 valence electrons. The van der Waals surface area contributed by atoms with Crippen LogP contribution >= 0.6 is 0 Å². The Balaban J connectivity index is 0.000000774. The molecular formula is C16H21FN2O2. The highest BCUT2D eigenvalue weighted by atomic mass is 19.1. The minimum absolute atomic E-state index is 0.0905. The second kappa shape index (κ2) is 6.72. The number of hydrogen-bond donors (Lipinski definition) is 2. The fourth-order valence-corrected chi connectivity index (χ4v) is 2.16. The van der Waals surface area contributed by atoms with Crippen molar-refractivity contribution in [3.8, 4) is 0 Å². The lowest BCUT2D eigenvalue weighted by Crippen LogP contribution is -2.42. The first-order chi connectivity index (χ1) is 10.1. The Bertz CT molecular complexity index is 593. The number of hydrogen-bond acceptors (Lipinski definition) is 2. The Morgan fingerprint density at radius 3 is 2.76 bits per heavy atom. The van der Waals surface area contributed by atoms with Gasteiger partial charge in [0.15, 0.2) is 0 Å². The van der Waals surface area contributed by atoms with E-state index >= 15 is 0 Å². The van der Waals surface area contributed by atoms with Crippen LogP contribution in [0.5, 0.6) is 0 Å². The Kier molecular flexibility index (Phi) is 4.96. The molecule has 2 N–H and O–H groups in total. The molecule has 0 saturated carbocycles. The Labute approximate surface area is 123 Å². The van der Waals surface area contributed by atoms with E-state index in [1.165, 1.54) is 6.07 Å². The molecule has 3 rings (SSSR count). The van der Waals surface area contributed by atoms with Crippen LogP contribution in [0.1, 0.15) is 31.5 Å². The number of rotatable bonds is 3. The van der Waals surface area contributed by atoms with E-state index in [-0.39, 0.29) is 17.8 Å². The van der Waals surface area contributed by atoms with Crippen molar-refractivity contribution in [3.05, 3.63) is 35.3 Å². The van der Waals surface area contributed by atoms with Crippen molar-refractivity contribution in [2.45, 2.75) is 39.8 Å². The van der Waals surface area contributed by atoms with E-state index in [1.54, 1.807) is 13.0 Å². The number of halogens is 1. The maximum atomic E-state index is 13.4. The van der Waals surface area contributed by atoms with Crippen LogP contribution in [0.3, 0.4) is 0 Å². The lowest BCUT2D eigenvalue weighted by Gasteiger charge is -2.24. The van der Waals surface area contributed by atoms with Gasteiger partial charge in [-0.1, -0.05) is 13.8 Å².